The standard InChI is InChI=1S/C13H14N2O5/c1-8-4-2-5-9(11(8)15(19)20)12(16)14-7-3-6-10(14)13(17)18/h2,4-5,10H,3,6-7H2,1H3,(H,17,18)/t10-/m0/s1. The molecule has 106 valence electrons. The summed E-state index contributed by atoms with van der Waals surface area (Å²) in [6, 6.07) is 3.57. The van der Waals surface area contributed by atoms with Gasteiger partial charge in [-0.3, -0.25) is 14.9 Å². The van der Waals surface area contributed by atoms with E-state index in [1.54, 1.807) is 19.1 Å². The summed E-state index contributed by atoms with van der Waals surface area (Å²) < 4.78 is 0. The molecule has 1 aliphatic rings. The van der Waals surface area contributed by atoms with Crippen molar-refractivity contribution in [3.63, 3.8) is 0 Å². The summed E-state index contributed by atoms with van der Waals surface area (Å²) in [5.74, 6) is -1.67. The summed E-state index contributed by atoms with van der Waals surface area (Å²) in [4.78, 5) is 35.2. The van der Waals surface area contributed by atoms with Gasteiger partial charge < -0.3 is 10.0 Å². The molecule has 1 amide bonds. The number of hydrogen-bond donors (Lipinski definition) is 1. The number of nitro groups is 1. The number of amides is 1. The number of hydrogen-bond acceptors (Lipinski definition) is 4. The third-order valence-electron chi connectivity index (χ3n) is 3.45. The minimum Gasteiger partial charge on any atom is -0.480 e. The maximum atomic E-state index is 12.4. The van der Waals surface area contributed by atoms with E-state index < -0.39 is 22.8 Å². The normalized spacial score (nSPS) is 18.1. The van der Waals surface area contributed by atoms with Gasteiger partial charge in [0.15, 0.2) is 0 Å². The van der Waals surface area contributed by atoms with Crippen LogP contribution in [0.3, 0.4) is 0 Å². The first-order valence-electron chi connectivity index (χ1n) is 6.21. The lowest BCUT2D eigenvalue weighted by atomic mass is 10.1. The van der Waals surface area contributed by atoms with Gasteiger partial charge in [0.25, 0.3) is 11.6 Å². The van der Waals surface area contributed by atoms with Crippen LogP contribution >= 0.6 is 0 Å². The van der Waals surface area contributed by atoms with Gasteiger partial charge in [0, 0.05) is 12.1 Å². The Labute approximate surface area is 115 Å². The zero-order chi connectivity index (χ0) is 14.9. The second-order valence-electron chi connectivity index (χ2n) is 4.72. The Morgan fingerprint density at radius 3 is 2.75 bits per heavy atom. The monoisotopic (exact) mass is 278 g/mol. The van der Waals surface area contributed by atoms with Gasteiger partial charge in [0.05, 0.1) is 4.92 Å². The highest BCUT2D eigenvalue weighted by molar-refractivity contribution is 6.00. The highest BCUT2D eigenvalue weighted by Gasteiger charge is 2.37. The van der Waals surface area contributed by atoms with Crippen LogP contribution in [0.5, 0.6) is 0 Å². The molecule has 0 aliphatic carbocycles. The number of likely N-dealkylation sites (tertiary alicyclic amines) is 1. The average molecular weight is 278 g/mol. The lowest BCUT2D eigenvalue weighted by Crippen LogP contribution is -2.40. The van der Waals surface area contributed by atoms with Crippen LogP contribution in [0.2, 0.25) is 0 Å². The molecule has 0 aromatic heterocycles. The summed E-state index contributed by atoms with van der Waals surface area (Å²) in [6.07, 6.45) is 0.961. The lowest BCUT2D eigenvalue weighted by molar-refractivity contribution is -0.385. The highest BCUT2D eigenvalue weighted by Crippen LogP contribution is 2.27. The van der Waals surface area contributed by atoms with E-state index >= 15 is 0 Å². The molecule has 0 bridgehead atoms. The van der Waals surface area contributed by atoms with Crippen LogP contribution < -0.4 is 0 Å². The van der Waals surface area contributed by atoms with E-state index in [4.69, 9.17) is 5.11 Å². The molecule has 1 atom stereocenters. The first-order chi connectivity index (χ1) is 9.43. The van der Waals surface area contributed by atoms with Gasteiger partial charge in [-0.1, -0.05) is 12.1 Å². The van der Waals surface area contributed by atoms with Crippen LogP contribution in [0.25, 0.3) is 0 Å². The summed E-state index contributed by atoms with van der Waals surface area (Å²) in [7, 11) is 0. The Hall–Kier alpha value is -2.44. The van der Waals surface area contributed by atoms with Crippen LogP contribution in [0.4, 0.5) is 5.69 Å². The largest absolute Gasteiger partial charge is 0.480 e. The number of aryl methyl sites for hydroxylation is 1. The zero-order valence-corrected chi connectivity index (χ0v) is 10.9. The number of benzene rings is 1. The van der Waals surface area contributed by atoms with E-state index in [1.165, 1.54) is 11.0 Å². The Bertz CT molecular complexity index is 584. The first kappa shape index (κ1) is 14.0. The number of nitro benzene ring substituents is 1. The van der Waals surface area contributed by atoms with E-state index in [-0.39, 0.29) is 11.3 Å². The van der Waals surface area contributed by atoms with Gasteiger partial charge in [-0.15, -0.1) is 0 Å². The van der Waals surface area contributed by atoms with Gasteiger partial charge >= 0.3 is 5.97 Å². The summed E-state index contributed by atoms with van der Waals surface area (Å²) in [5.41, 5.74) is 0.0728. The number of carboxylic acid groups (broad SMARTS) is 1. The van der Waals surface area contributed by atoms with Crippen molar-refractivity contribution in [2.75, 3.05) is 6.54 Å². The van der Waals surface area contributed by atoms with Crippen LogP contribution in [0, 0.1) is 17.0 Å². The molecule has 20 heavy (non-hydrogen) atoms. The molecule has 1 heterocycles. The Morgan fingerprint density at radius 2 is 2.15 bits per heavy atom. The summed E-state index contributed by atoms with van der Waals surface area (Å²) in [6.45, 7) is 1.86. The quantitative estimate of drug-likeness (QED) is 0.668. The number of carboxylic acids is 1. The summed E-state index contributed by atoms with van der Waals surface area (Å²) in [5, 5.41) is 20.2. The number of para-hydroxylation sites is 1. The molecule has 1 saturated heterocycles. The van der Waals surface area contributed by atoms with Gasteiger partial charge in [-0.25, -0.2) is 4.79 Å². The minimum absolute atomic E-state index is 0.0526. The first-order valence-corrected chi connectivity index (χ1v) is 6.21. The average Bonchev–Trinajstić information content (AvgIpc) is 2.86. The molecule has 1 fully saturated rings. The summed E-state index contributed by atoms with van der Waals surface area (Å²) >= 11 is 0. The smallest absolute Gasteiger partial charge is 0.326 e. The lowest BCUT2D eigenvalue weighted by Gasteiger charge is -2.21. The Morgan fingerprint density at radius 1 is 1.45 bits per heavy atom. The topological polar surface area (TPSA) is 101 Å². The molecule has 7 nitrogen and oxygen atoms in total. The fraction of sp³-hybridized carbons (Fsp3) is 0.385. The number of carbonyl (C=O) groups is 2. The van der Waals surface area contributed by atoms with Crippen molar-refractivity contribution in [3.05, 3.63) is 39.4 Å². The van der Waals surface area contributed by atoms with Crippen LogP contribution in [-0.4, -0.2) is 39.4 Å². The van der Waals surface area contributed by atoms with Crippen molar-refractivity contribution < 1.29 is 19.6 Å². The second-order valence-corrected chi connectivity index (χ2v) is 4.72. The number of aliphatic carboxylic acids is 1. The maximum Gasteiger partial charge on any atom is 0.326 e. The van der Waals surface area contributed by atoms with E-state index in [9.17, 15) is 19.7 Å². The fourth-order valence-corrected chi connectivity index (χ4v) is 2.50. The van der Waals surface area contributed by atoms with Crippen molar-refractivity contribution >= 4 is 17.6 Å². The number of nitrogens with zero attached hydrogens (tertiary/aromatic N) is 2. The third-order valence-corrected chi connectivity index (χ3v) is 3.45. The molecule has 0 radical (unpaired) electrons. The van der Waals surface area contributed by atoms with Crippen LogP contribution in [-0.2, 0) is 4.79 Å². The molecule has 1 aliphatic heterocycles. The predicted molar refractivity (Wildman–Crippen MR) is 69.5 cm³/mol. The van der Waals surface area contributed by atoms with Gasteiger partial charge in [-0.2, -0.15) is 0 Å². The molecule has 7 heteroatoms. The zero-order valence-electron chi connectivity index (χ0n) is 10.9. The molecule has 0 spiro atoms. The van der Waals surface area contributed by atoms with E-state index in [0.29, 0.717) is 24.9 Å². The Balaban J connectivity index is 2.42. The van der Waals surface area contributed by atoms with Gasteiger partial charge in [-0.05, 0) is 25.8 Å². The minimum atomic E-state index is -1.08. The van der Waals surface area contributed by atoms with Gasteiger partial charge in [0.1, 0.15) is 11.6 Å². The van der Waals surface area contributed by atoms with Crippen molar-refractivity contribution in [2.45, 2.75) is 25.8 Å². The van der Waals surface area contributed by atoms with E-state index in [2.05, 4.69) is 0 Å². The highest BCUT2D eigenvalue weighted by atomic mass is 16.6. The molecule has 1 aromatic rings. The molecule has 1 aromatic carbocycles. The maximum absolute atomic E-state index is 12.4. The van der Waals surface area contributed by atoms with Crippen LogP contribution in [0.15, 0.2) is 18.2 Å². The van der Waals surface area contributed by atoms with E-state index in [1.807, 2.05) is 0 Å². The SMILES string of the molecule is Cc1cccc(C(=O)N2CCC[C@H]2C(=O)O)c1[N+](=O)[O-]. The predicted octanol–water partition coefficient (Wildman–Crippen LogP) is 1.59. The third kappa shape index (κ3) is 2.34. The van der Waals surface area contributed by atoms with Crippen molar-refractivity contribution in [1.29, 1.82) is 0 Å². The molecule has 1 N–H and O–H groups in total. The van der Waals surface area contributed by atoms with Crippen molar-refractivity contribution in [1.82, 2.24) is 4.90 Å². The second kappa shape index (κ2) is 5.28. The number of carbonyl (C=O) groups excluding carboxylic acids is 1. The van der Waals surface area contributed by atoms with Crippen molar-refractivity contribution in [2.24, 2.45) is 0 Å². The molecule has 0 saturated carbocycles. The van der Waals surface area contributed by atoms with Crippen molar-refractivity contribution in [3.8, 4) is 0 Å². The Kier molecular flexibility index (Phi) is 3.69. The number of rotatable bonds is 3. The molecular formula is C13H14N2O5. The van der Waals surface area contributed by atoms with E-state index in [0.717, 1.165) is 0 Å². The van der Waals surface area contributed by atoms with Gasteiger partial charge in [0.2, 0.25) is 0 Å². The van der Waals surface area contributed by atoms with Crippen LogP contribution in [0.1, 0.15) is 28.8 Å². The fourth-order valence-electron chi connectivity index (χ4n) is 2.50. The molecular weight excluding hydrogens is 264 g/mol. The molecule has 2 rings (SSSR count). The molecule has 0 unspecified atom stereocenters.